The molecule has 1 aliphatic heterocycles. The number of hydrogen-bond donors (Lipinski definition) is 0. The first-order valence-corrected chi connectivity index (χ1v) is 12.7. The van der Waals surface area contributed by atoms with Crippen molar-refractivity contribution in [2.45, 2.75) is 43.7 Å². The van der Waals surface area contributed by atoms with E-state index in [2.05, 4.69) is 22.3 Å². The third kappa shape index (κ3) is 5.85. The molecule has 2 aromatic carbocycles. The van der Waals surface area contributed by atoms with Gasteiger partial charge in [-0.1, -0.05) is 65.3 Å². The fourth-order valence-corrected chi connectivity index (χ4v) is 5.06. The molecule has 1 aromatic heterocycles. The second-order valence-electron chi connectivity index (χ2n) is 7.89. The average Bonchev–Trinajstić information content (AvgIpc) is 3.22. The first-order chi connectivity index (χ1) is 15.6. The van der Waals surface area contributed by atoms with E-state index in [-0.39, 0.29) is 5.91 Å². The molecule has 0 aliphatic carbocycles. The highest BCUT2D eigenvalue weighted by Gasteiger charge is 2.18. The fourth-order valence-electron chi connectivity index (χ4n) is 3.86. The molecule has 0 saturated carbocycles. The van der Waals surface area contributed by atoms with Gasteiger partial charge in [-0.3, -0.25) is 9.36 Å². The topological polar surface area (TPSA) is 51.0 Å². The van der Waals surface area contributed by atoms with E-state index in [0.717, 1.165) is 60.3 Å². The van der Waals surface area contributed by atoms with Crippen LogP contribution in [0.25, 0.3) is 5.69 Å². The van der Waals surface area contributed by atoms with Crippen LogP contribution in [0.5, 0.6) is 0 Å². The Labute approximate surface area is 203 Å². The SMILES string of the molecule is O=C(CCCSc1nnc(Cc2ccccc2)n1-c1ccc(Cl)c(Cl)c1)N1CCCCC1. The van der Waals surface area contributed by atoms with Gasteiger partial charge in [0.25, 0.3) is 0 Å². The van der Waals surface area contributed by atoms with Crippen LogP contribution in [0, 0.1) is 0 Å². The molecule has 0 bridgehead atoms. The van der Waals surface area contributed by atoms with Crippen LogP contribution in [0.15, 0.2) is 53.7 Å². The van der Waals surface area contributed by atoms with Gasteiger partial charge in [-0.05, 0) is 49.4 Å². The van der Waals surface area contributed by atoms with Gasteiger partial charge in [0.1, 0.15) is 5.82 Å². The third-order valence-corrected chi connectivity index (χ3v) is 7.30. The van der Waals surface area contributed by atoms with E-state index in [1.165, 1.54) is 6.42 Å². The maximum Gasteiger partial charge on any atom is 0.222 e. The highest BCUT2D eigenvalue weighted by molar-refractivity contribution is 7.99. The molecule has 0 N–H and O–H groups in total. The monoisotopic (exact) mass is 488 g/mol. The molecule has 32 heavy (non-hydrogen) atoms. The molecule has 1 saturated heterocycles. The molecule has 1 amide bonds. The Morgan fingerprint density at radius 2 is 1.75 bits per heavy atom. The van der Waals surface area contributed by atoms with E-state index >= 15 is 0 Å². The quantitative estimate of drug-likeness (QED) is 0.286. The number of nitrogens with zero attached hydrogens (tertiary/aromatic N) is 4. The van der Waals surface area contributed by atoms with E-state index in [1.807, 2.05) is 39.8 Å². The van der Waals surface area contributed by atoms with Crippen molar-refractivity contribution in [3.05, 3.63) is 70.0 Å². The maximum atomic E-state index is 12.4. The molecule has 0 atom stereocenters. The molecular formula is C24H26Cl2N4OS. The number of amides is 1. The van der Waals surface area contributed by atoms with Crippen LogP contribution in [0.1, 0.15) is 43.5 Å². The zero-order valence-corrected chi connectivity index (χ0v) is 20.2. The molecule has 0 radical (unpaired) electrons. The second-order valence-corrected chi connectivity index (χ2v) is 9.76. The zero-order chi connectivity index (χ0) is 22.3. The number of aromatic nitrogens is 3. The van der Waals surface area contributed by atoms with Gasteiger partial charge >= 0.3 is 0 Å². The zero-order valence-electron chi connectivity index (χ0n) is 17.8. The summed E-state index contributed by atoms with van der Waals surface area (Å²) in [6.45, 7) is 1.81. The Balaban J connectivity index is 1.47. The minimum absolute atomic E-state index is 0.265. The lowest BCUT2D eigenvalue weighted by Gasteiger charge is -2.26. The van der Waals surface area contributed by atoms with Crippen molar-refractivity contribution < 1.29 is 4.79 Å². The normalized spacial score (nSPS) is 14.0. The highest BCUT2D eigenvalue weighted by Crippen LogP contribution is 2.29. The molecule has 5 nitrogen and oxygen atoms in total. The van der Waals surface area contributed by atoms with Crippen molar-refractivity contribution in [3.63, 3.8) is 0 Å². The minimum atomic E-state index is 0.265. The van der Waals surface area contributed by atoms with Crippen LogP contribution < -0.4 is 0 Å². The van der Waals surface area contributed by atoms with E-state index in [0.29, 0.717) is 22.9 Å². The van der Waals surface area contributed by atoms with Crippen molar-refractivity contribution in [2.75, 3.05) is 18.8 Å². The number of benzene rings is 2. The molecule has 8 heteroatoms. The van der Waals surface area contributed by atoms with E-state index < -0.39 is 0 Å². The van der Waals surface area contributed by atoms with Gasteiger partial charge < -0.3 is 4.90 Å². The van der Waals surface area contributed by atoms with Gasteiger partial charge in [0.15, 0.2) is 5.16 Å². The van der Waals surface area contributed by atoms with Gasteiger partial charge in [-0.25, -0.2) is 0 Å². The minimum Gasteiger partial charge on any atom is -0.343 e. The summed E-state index contributed by atoms with van der Waals surface area (Å²) in [5.74, 6) is 1.90. The summed E-state index contributed by atoms with van der Waals surface area (Å²) in [5.41, 5.74) is 2.03. The predicted octanol–water partition coefficient (Wildman–Crippen LogP) is 6.05. The molecule has 0 unspecified atom stereocenters. The van der Waals surface area contributed by atoms with Gasteiger partial charge in [0, 0.05) is 31.7 Å². The summed E-state index contributed by atoms with van der Waals surface area (Å²) in [5, 5.41) is 10.7. The lowest BCUT2D eigenvalue weighted by molar-refractivity contribution is -0.132. The van der Waals surface area contributed by atoms with Crippen molar-refractivity contribution in [1.82, 2.24) is 19.7 Å². The summed E-state index contributed by atoms with van der Waals surface area (Å²) < 4.78 is 2.03. The number of likely N-dealkylation sites (tertiary alicyclic amines) is 1. The van der Waals surface area contributed by atoms with Crippen molar-refractivity contribution in [1.29, 1.82) is 0 Å². The van der Waals surface area contributed by atoms with Crippen molar-refractivity contribution in [3.8, 4) is 5.69 Å². The molecule has 168 valence electrons. The van der Waals surface area contributed by atoms with Crippen LogP contribution in [-0.2, 0) is 11.2 Å². The average molecular weight is 489 g/mol. The Morgan fingerprint density at radius 3 is 2.50 bits per heavy atom. The van der Waals surface area contributed by atoms with Crippen molar-refractivity contribution in [2.24, 2.45) is 0 Å². The summed E-state index contributed by atoms with van der Waals surface area (Å²) in [4.78, 5) is 14.4. The Morgan fingerprint density at radius 1 is 0.969 bits per heavy atom. The summed E-state index contributed by atoms with van der Waals surface area (Å²) in [6, 6.07) is 15.7. The van der Waals surface area contributed by atoms with Gasteiger partial charge in [0.05, 0.1) is 15.7 Å². The molecule has 1 fully saturated rings. The number of carbonyl (C=O) groups excluding carboxylic acids is 1. The van der Waals surface area contributed by atoms with Crippen LogP contribution in [-0.4, -0.2) is 44.4 Å². The number of hydrogen-bond acceptors (Lipinski definition) is 4. The smallest absolute Gasteiger partial charge is 0.222 e. The lowest BCUT2D eigenvalue weighted by Crippen LogP contribution is -2.35. The number of thioether (sulfide) groups is 1. The highest BCUT2D eigenvalue weighted by atomic mass is 35.5. The van der Waals surface area contributed by atoms with Gasteiger partial charge in [0.2, 0.25) is 5.91 Å². The Kier molecular flexibility index (Phi) is 8.11. The van der Waals surface area contributed by atoms with Crippen LogP contribution in [0.3, 0.4) is 0 Å². The summed E-state index contributed by atoms with van der Waals surface area (Å²) in [7, 11) is 0. The predicted molar refractivity (Wildman–Crippen MR) is 131 cm³/mol. The van der Waals surface area contributed by atoms with Crippen LogP contribution in [0.4, 0.5) is 0 Å². The van der Waals surface area contributed by atoms with Gasteiger partial charge in [-0.2, -0.15) is 0 Å². The van der Waals surface area contributed by atoms with Gasteiger partial charge in [-0.15, -0.1) is 10.2 Å². The number of halogens is 2. The first kappa shape index (κ1) is 23.1. The fraction of sp³-hybridized carbons (Fsp3) is 0.375. The van der Waals surface area contributed by atoms with E-state index in [1.54, 1.807) is 17.8 Å². The number of carbonyl (C=O) groups is 1. The number of rotatable bonds is 8. The first-order valence-electron chi connectivity index (χ1n) is 11.0. The summed E-state index contributed by atoms with van der Waals surface area (Å²) >= 11 is 14.0. The second kappa shape index (κ2) is 11.2. The van der Waals surface area contributed by atoms with E-state index in [9.17, 15) is 4.79 Å². The standard InChI is InChI=1S/C24H26Cl2N4OS/c25-20-12-11-19(17-21(20)26)30-22(16-18-8-3-1-4-9-18)27-28-24(30)32-15-7-10-23(31)29-13-5-2-6-14-29/h1,3-4,8-9,11-12,17H,2,5-7,10,13-16H2. The maximum absolute atomic E-state index is 12.4. The Bertz CT molecular complexity index is 1050. The molecule has 3 aromatic rings. The molecule has 4 rings (SSSR count). The Hall–Kier alpha value is -2.02. The lowest BCUT2D eigenvalue weighted by atomic mass is 10.1. The van der Waals surface area contributed by atoms with Crippen molar-refractivity contribution >= 4 is 40.9 Å². The molecular weight excluding hydrogens is 463 g/mol. The third-order valence-electron chi connectivity index (χ3n) is 5.54. The summed E-state index contributed by atoms with van der Waals surface area (Å²) in [6.07, 6.45) is 5.51. The molecule has 2 heterocycles. The largest absolute Gasteiger partial charge is 0.343 e. The number of piperidine rings is 1. The van der Waals surface area contributed by atoms with Crippen LogP contribution in [0.2, 0.25) is 10.0 Å². The van der Waals surface area contributed by atoms with E-state index in [4.69, 9.17) is 23.2 Å². The molecule has 0 spiro atoms. The molecule has 1 aliphatic rings. The van der Waals surface area contributed by atoms with Crippen LogP contribution >= 0.6 is 35.0 Å².